The minimum Gasteiger partial charge on any atom is -0.506 e. The third kappa shape index (κ3) is 4.53. The number of hydrogen-bond donors (Lipinski definition) is 2. The van der Waals surface area contributed by atoms with Gasteiger partial charge in [-0.3, -0.25) is 4.79 Å². The number of nitrogens with one attached hydrogen (secondary N) is 1. The maximum Gasteiger partial charge on any atom is 0.260 e. The predicted molar refractivity (Wildman–Crippen MR) is 147 cm³/mol. The zero-order valence-electron chi connectivity index (χ0n) is 20.1. The van der Waals surface area contributed by atoms with Crippen LogP contribution in [0.2, 0.25) is 0 Å². The summed E-state index contributed by atoms with van der Waals surface area (Å²) in [6, 6.07) is 19.7. The number of phenolic OH excluding ortho intramolecular Hbond substituents is 1. The molecule has 0 radical (unpaired) electrons. The van der Waals surface area contributed by atoms with E-state index in [1.165, 1.54) is 6.21 Å². The normalized spacial score (nSPS) is 13.4. The Hall–Kier alpha value is -3.91. The van der Waals surface area contributed by atoms with Crippen LogP contribution in [0.1, 0.15) is 41.1 Å². The first-order chi connectivity index (χ1) is 18.1. The van der Waals surface area contributed by atoms with Crippen molar-refractivity contribution in [1.29, 1.82) is 0 Å². The molecule has 2 heterocycles. The minimum atomic E-state index is -0.284. The number of para-hydroxylation sites is 2. The Morgan fingerprint density at radius 3 is 2.78 bits per heavy atom. The average molecular weight is 557 g/mol. The number of aryl methyl sites for hydroxylation is 2. The van der Waals surface area contributed by atoms with Crippen molar-refractivity contribution in [3.05, 3.63) is 93.4 Å². The van der Waals surface area contributed by atoms with Crippen molar-refractivity contribution in [2.24, 2.45) is 5.10 Å². The van der Waals surface area contributed by atoms with E-state index in [0.717, 1.165) is 64.8 Å². The molecule has 0 atom stereocenters. The maximum absolute atomic E-state index is 13.0. The first-order valence-corrected chi connectivity index (χ1v) is 13.1. The van der Waals surface area contributed by atoms with Gasteiger partial charge in [0.25, 0.3) is 5.91 Å². The molecular weight excluding hydrogens is 532 g/mol. The van der Waals surface area contributed by atoms with E-state index in [9.17, 15) is 9.90 Å². The zero-order chi connectivity index (χ0) is 25.4. The van der Waals surface area contributed by atoms with Crippen LogP contribution in [0.15, 0.2) is 74.7 Å². The molecule has 8 heteroatoms. The Kier molecular flexibility index (Phi) is 6.26. The molecule has 2 aromatic heterocycles. The van der Waals surface area contributed by atoms with Gasteiger partial charge < -0.3 is 14.1 Å². The number of nitrogens with zero attached hydrogens (tertiary/aromatic N) is 3. The standard InChI is InChI=1S/C29H25BrN4O3/c30-21-15-25-28(19-10-4-7-13-24(19)37-25)20(29(21)36)16-31-33-27(35)17-34-23-12-6-5-11-22(23)32-26(34)14-18-8-2-1-3-9-18/h1-3,5-6,8-9,11-12,15-16,36H,4,7,10,13-14,17H2,(H,33,35)/b31-16+. The molecule has 3 aromatic carbocycles. The summed E-state index contributed by atoms with van der Waals surface area (Å²) in [5.74, 6) is 1.57. The fourth-order valence-electron chi connectivity index (χ4n) is 5.10. The lowest BCUT2D eigenvalue weighted by atomic mass is 9.94. The van der Waals surface area contributed by atoms with Gasteiger partial charge in [-0.05, 0) is 59.0 Å². The van der Waals surface area contributed by atoms with Gasteiger partial charge in [0.2, 0.25) is 0 Å². The number of phenols is 1. The molecule has 0 spiro atoms. The molecule has 0 fully saturated rings. The summed E-state index contributed by atoms with van der Waals surface area (Å²) < 4.78 is 8.51. The number of hydrazone groups is 1. The highest BCUT2D eigenvalue weighted by Gasteiger charge is 2.23. The second-order valence-corrected chi connectivity index (χ2v) is 10.1. The molecule has 0 unspecified atom stereocenters. The van der Waals surface area contributed by atoms with Crippen molar-refractivity contribution < 1.29 is 14.3 Å². The second-order valence-electron chi connectivity index (χ2n) is 9.26. The van der Waals surface area contributed by atoms with E-state index >= 15 is 0 Å². The highest BCUT2D eigenvalue weighted by molar-refractivity contribution is 9.10. The van der Waals surface area contributed by atoms with E-state index in [2.05, 4.69) is 26.5 Å². The number of halogens is 1. The molecule has 186 valence electrons. The molecule has 1 aliphatic carbocycles. The van der Waals surface area contributed by atoms with Crippen LogP contribution < -0.4 is 5.43 Å². The van der Waals surface area contributed by atoms with Gasteiger partial charge in [0, 0.05) is 29.4 Å². The number of aromatic hydroxyl groups is 1. The lowest BCUT2D eigenvalue weighted by Gasteiger charge is -2.10. The predicted octanol–water partition coefficient (Wildman–Crippen LogP) is 5.87. The van der Waals surface area contributed by atoms with E-state index < -0.39 is 0 Å². The number of fused-ring (bicyclic) bond motifs is 4. The number of amides is 1. The Balaban J connectivity index is 1.27. The summed E-state index contributed by atoms with van der Waals surface area (Å²) in [7, 11) is 0. The lowest BCUT2D eigenvalue weighted by molar-refractivity contribution is -0.121. The van der Waals surface area contributed by atoms with Crippen molar-refractivity contribution in [1.82, 2.24) is 15.0 Å². The molecule has 5 aromatic rings. The van der Waals surface area contributed by atoms with Crippen molar-refractivity contribution in [3.8, 4) is 5.75 Å². The maximum atomic E-state index is 13.0. The van der Waals surface area contributed by atoms with Gasteiger partial charge in [-0.1, -0.05) is 42.5 Å². The van der Waals surface area contributed by atoms with Crippen LogP contribution in [0.5, 0.6) is 5.75 Å². The van der Waals surface area contributed by atoms with Crippen molar-refractivity contribution >= 4 is 50.1 Å². The Morgan fingerprint density at radius 2 is 1.92 bits per heavy atom. The van der Waals surface area contributed by atoms with Gasteiger partial charge in [0.15, 0.2) is 0 Å². The number of carbonyl (C=O) groups excluding carboxylic acids is 1. The number of furan rings is 1. The summed E-state index contributed by atoms with van der Waals surface area (Å²) in [6.45, 7) is 0.0704. The van der Waals surface area contributed by atoms with Crippen LogP contribution in [0.4, 0.5) is 0 Å². The van der Waals surface area contributed by atoms with Gasteiger partial charge in [0.1, 0.15) is 29.5 Å². The molecule has 0 bridgehead atoms. The van der Waals surface area contributed by atoms with Gasteiger partial charge in [-0.2, -0.15) is 5.10 Å². The van der Waals surface area contributed by atoms with Crippen LogP contribution in [-0.2, 0) is 30.6 Å². The number of imidazole rings is 1. The monoisotopic (exact) mass is 556 g/mol. The molecule has 6 rings (SSSR count). The topological polar surface area (TPSA) is 92.7 Å². The molecule has 37 heavy (non-hydrogen) atoms. The summed E-state index contributed by atoms with van der Waals surface area (Å²) >= 11 is 3.41. The number of rotatable bonds is 6. The van der Waals surface area contributed by atoms with Gasteiger partial charge in [-0.15, -0.1) is 0 Å². The fourth-order valence-corrected chi connectivity index (χ4v) is 5.52. The molecular formula is C29H25BrN4O3. The SMILES string of the molecule is O=C(Cn1c(Cc2ccccc2)nc2ccccc21)N/N=C/c1c(O)c(Br)cc2oc3c(c12)CCCC3. The van der Waals surface area contributed by atoms with Gasteiger partial charge >= 0.3 is 0 Å². The summed E-state index contributed by atoms with van der Waals surface area (Å²) in [5.41, 5.74) is 7.85. The molecule has 0 aliphatic heterocycles. The van der Waals surface area contributed by atoms with E-state index in [1.54, 1.807) is 6.07 Å². The number of aromatic nitrogens is 2. The van der Waals surface area contributed by atoms with Crippen molar-refractivity contribution in [3.63, 3.8) is 0 Å². The third-order valence-corrected chi connectivity index (χ3v) is 7.43. The molecule has 1 aliphatic rings. The third-order valence-electron chi connectivity index (χ3n) is 6.83. The van der Waals surface area contributed by atoms with E-state index in [1.807, 2.05) is 59.2 Å². The Labute approximate surface area is 221 Å². The average Bonchev–Trinajstić information content (AvgIpc) is 3.44. The highest BCUT2D eigenvalue weighted by atomic mass is 79.9. The second kappa shape index (κ2) is 9.86. The Morgan fingerprint density at radius 1 is 1.14 bits per heavy atom. The summed E-state index contributed by atoms with van der Waals surface area (Å²) in [5, 5.41) is 15.9. The van der Waals surface area contributed by atoms with Crippen LogP contribution in [0.3, 0.4) is 0 Å². The Bertz CT molecular complexity index is 1650. The number of carbonyl (C=O) groups is 1. The van der Waals surface area contributed by atoms with Crippen molar-refractivity contribution in [2.45, 2.75) is 38.6 Å². The zero-order valence-corrected chi connectivity index (χ0v) is 21.7. The highest BCUT2D eigenvalue weighted by Crippen LogP contribution is 2.40. The summed E-state index contributed by atoms with van der Waals surface area (Å²) in [6.07, 6.45) is 6.07. The van der Waals surface area contributed by atoms with Crippen LogP contribution in [0.25, 0.3) is 22.0 Å². The van der Waals surface area contributed by atoms with Crippen molar-refractivity contribution in [2.75, 3.05) is 0 Å². The van der Waals surface area contributed by atoms with Crippen LogP contribution in [0, 0.1) is 0 Å². The van der Waals surface area contributed by atoms with E-state index in [-0.39, 0.29) is 18.2 Å². The molecule has 1 amide bonds. The number of hydrogen-bond acceptors (Lipinski definition) is 5. The van der Waals surface area contributed by atoms with Gasteiger partial charge in [-0.25, -0.2) is 10.4 Å². The first kappa shape index (κ1) is 23.5. The van der Waals surface area contributed by atoms with Crippen LogP contribution >= 0.6 is 15.9 Å². The molecule has 7 nitrogen and oxygen atoms in total. The summed E-state index contributed by atoms with van der Waals surface area (Å²) in [4.78, 5) is 17.8. The quantitative estimate of drug-likeness (QED) is 0.202. The first-order valence-electron chi connectivity index (χ1n) is 12.3. The smallest absolute Gasteiger partial charge is 0.260 e. The minimum absolute atomic E-state index is 0.0704. The molecule has 2 N–H and O–H groups in total. The number of benzene rings is 3. The van der Waals surface area contributed by atoms with Gasteiger partial charge in [0.05, 0.1) is 21.7 Å². The van der Waals surface area contributed by atoms with E-state index in [0.29, 0.717) is 22.0 Å². The fraction of sp³-hybridized carbons (Fsp3) is 0.207. The largest absolute Gasteiger partial charge is 0.506 e. The lowest BCUT2D eigenvalue weighted by Crippen LogP contribution is -2.24. The van der Waals surface area contributed by atoms with Crippen LogP contribution in [-0.4, -0.2) is 26.8 Å². The molecule has 0 saturated carbocycles. The van der Waals surface area contributed by atoms with E-state index in [4.69, 9.17) is 9.40 Å². The molecule has 0 saturated heterocycles.